The number of hydrogen-bond acceptors (Lipinski definition) is 3. The number of halogens is 1. The minimum absolute atomic E-state index is 0.159. The summed E-state index contributed by atoms with van der Waals surface area (Å²) < 4.78 is 0. The van der Waals surface area contributed by atoms with Gasteiger partial charge in [-0.25, -0.2) is 9.78 Å². The predicted molar refractivity (Wildman–Crippen MR) is 71.2 cm³/mol. The van der Waals surface area contributed by atoms with Gasteiger partial charge >= 0.3 is 5.97 Å². The van der Waals surface area contributed by atoms with E-state index in [1.165, 1.54) is 25.0 Å². The van der Waals surface area contributed by atoms with Gasteiger partial charge in [-0.15, -0.1) is 0 Å². The zero-order valence-electron chi connectivity index (χ0n) is 10.5. The molecule has 0 aliphatic heterocycles. The van der Waals surface area contributed by atoms with Crippen molar-refractivity contribution in [3.63, 3.8) is 0 Å². The van der Waals surface area contributed by atoms with E-state index >= 15 is 0 Å². The zero-order chi connectivity index (χ0) is 13.3. The number of aromatic carboxylic acids is 1. The van der Waals surface area contributed by atoms with Crippen LogP contribution in [-0.4, -0.2) is 22.6 Å². The fraction of sp³-hybridized carbons (Fsp3) is 0.538. The van der Waals surface area contributed by atoms with Crippen molar-refractivity contribution in [2.75, 3.05) is 11.9 Å². The molecular weight excluding hydrogens is 252 g/mol. The Morgan fingerprint density at radius 2 is 2.22 bits per heavy atom. The molecule has 0 unspecified atom stereocenters. The summed E-state index contributed by atoms with van der Waals surface area (Å²) in [5.74, 6) is 0.155. The summed E-state index contributed by atoms with van der Waals surface area (Å²) in [6.45, 7) is 5.24. The Kier molecular flexibility index (Phi) is 3.48. The molecular formula is C13H17ClN2O2. The monoisotopic (exact) mass is 268 g/mol. The quantitative estimate of drug-likeness (QED) is 0.805. The Balaban J connectivity index is 2.08. The van der Waals surface area contributed by atoms with Gasteiger partial charge < -0.3 is 10.4 Å². The summed E-state index contributed by atoms with van der Waals surface area (Å²) in [4.78, 5) is 15.0. The second-order valence-electron chi connectivity index (χ2n) is 5.24. The second kappa shape index (κ2) is 4.76. The molecule has 1 aromatic rings. The van der Waals surface area contributed by atoms with E-state index in [-0.39, 0.29) is 10.7 Å². The molecule has 1 fully saturated rings. The van der Waals surface area contributed by atoms with Crippen molar-refractivity contribution in [2.24, 2.45) is 11.3 Å². The minimum atomic E-state index is -0.993. The molecule has 1 aliphatic rings. The van der Waals surface area contributed by atoms with Gasteiger partial charge in [-0.1, -0.05) is 25.4 Å². The number of rotatable bonds is 5. The molecule has 1 aromatic heterocycles. The normalized spacial score (nSPS) is 16.7. The highest BCUT2D eigenvalue weighted by molar-refractivity contribution is 6.29. The molecule has 98 valence electrons. The molecule has 4 nitrogen and oxygen atoms in total. The lowest BCUT2D eigenvalue weighted by Gasteiger charge is -2.20. The number of pyridine rings is 1. The first-order valence-electron chi connectivity index (χ1n) is 6.08. The van der Waals surface area contributed by atoms with Crippen molar-refractivity contribution < 1.29 is 9.90 Å². The van der Waals surface area contributed by atoms with Crippen LogP contribution in [0.25, 0.3) is 0 Å². The third-order valence-electron chi connectivity index (χ3n) is 3.78. The van der Waals surface area contributed by atoms with E-state index in [4.69, 9.17) is 16.7 Å². The van der Waals surface area contributed by atoms with E-state index < -0.39 is 5.97 Å². The lowest BCUT2D eigenvalue weighted by atomic mass is 9.92. The highest BCUT2D eigenvalue weighted by Crippen LogP contribution is 2.51. The second-order valence-corrected chi connectivity index (χ2v) is 5.63. The number of nitrogens with zero attached hydrogens (tertiary/aromatic N) is 1. The van der Waals surface area contributed by atoms with Crippen LogP contribution in [0.5, 0.6) is 0 Å². The standard InChI is InChI=1S/C13H17ClN2O2/c1-8(2)13(3-4-13)7-15-11-6-9(12(17)18)5-10(14)16-11/h5-6,8H,3-4,7H2,1-2H3,(H,15,16)(H,17,18). The van der Waals surface area contributed by atoms with E-state index in [9.17, 15) is 4.79 Å². The minimum Gasteiger partial charge on any atom is -0.478 e. The maximum absolute atomic E-state index is 10.9. The molecule has 2 N–H and O–H groups in total. The molecule has 0 atom stereocenters. The van der Waals surface area contributed by atoms with Crippen molar-refractivity contribution in [1.82, 2.24) is 4.98 Å². The van der Waals surface area contributed by atoms with Crippen LogP contribution in [0.15, 0.2) is 12.1 Å². The van der Waals surface area contributed by atoms with Crippen LogP contribution < -0.4 is 5.32 Å². The van der Waals surface area contributed by atoms with Crippen LogP contribution in [0.2, 0.25) is 5.15 Å². The van der Waals surface area contributed by atoms with Crippen molar-refractivity contribution in [1.29, 1.82) is 0 Å². The van der Waals surface area contributed by atoms with Crippen LogP contribution in [0.1, 0.15) is 37.0 Å². The highest BCUT2D eigenvalue weighted by Gasteiger charge is 2.44. The van der Waals surface area contributed by atoms with Gasteiger partial charge in [0.25, 0.3) is 0 Å². The van der Waals surface area contributed by atoms with Crippen molar-refractivity contribution >= 4 is 23.4 Å². The van der Waals surface area contributed by atoms with Gasteiger partial charge in [-0.2, -0.15) is 0 Å². The van der Waals surface area contributed by atoms with E-state index in [1.54, 1.807) is 0 Å². The van der Waals surface area contributed by atoms with Crippen LogP contribution in [0.3, 0.4) is 0 Å². The summed E-state index contributed by atoms with van der Waals surface area (Å²) in [5.41, 5.74) is 0.500. The predicted octanol–water partition coefficient (Wildman–Crippen LogP) is 3.28. The van der Waals surface area contributed by atoms with E-state index in [0.717, 1.165) is 6.54 Å². The lowest BCUT2D eigenvalue weighted by Crippen LogP contribution is -2.21. The lowest BCUT2D eigenvalue weighted by molar-refractivity contribution is 0.0697. The van der Waals surface area contributed by atoms with Gasteiger partial charge in [-0.3, -0.25) is 0 Å². The van der Waals surface area contributed by atoms with Crippen LogP contribution in [0, 0.1) is 11.3 Å². The van der Waals surface area contributed by atoms with Crippen LogP contribution in [-0.2, 0) is 0 Å². The molecule has 1 heterocycles. The van der Waals surface area contributed by atoms with Gasteiger partial charge in [0.05, 0.1) is 5.56 Å². The number of carboxylic acid groups (broad SMARTS) is 1. The molecule has 1 saturated carbocycles. The Labute approximate surface area is 111 Å². The van der Waals surface area contributed by atoms with Crippen molar-refractivity contribution in [3.05, 3.63) is 22.8 Å². The van der Waals surface area contributed by atoms with Gasteiger partial charge in [0, 0.05) is 6.54 Å². The Morgan fingerprint density at radius 3 is 2.72 bits per heavy atom. The maximum atomic E-state index is 10.9. The molecule has 18 heavy (non-hydrogen) atoms. The Hall–Kier alpha value is -1.29. The number of carboxylic acids is 1. The van der Waals surface area contributed by atoms with E-state index in [2.05, 4.69) is 24.1 Å². The van der Waals surface area contributed by atoms with Crippen LogP contribution in [0.4, 0.5) is 5.82 Å². The average molecular weight is 269 g/mol. The topological polar surface area (TPSA) is 62.2 Å². The van der Waals surface area contributed by atoms with E-state index in [1.807, 2.05) is 0 Å². The largest absolute Gasteiger partial charge is 0.478 e. The summed E-state index contributed by atoms with van der Waals surface area (Å²) in [7, 11) is 0. The third kappa shape index (κ3) is 2.75. The molecule has 1 aliphatic carbocycles. The Morgan fingerprint density at radius 1 is 1.56 bits per heavy atom. The third-order valence-corrected chi connectivity index (χ3v) is 3.97. The molecule has 0 aromatic carbocycles. The van der Waals surface area contributed by atoms with E-state index in [0.29, 0.717) is 17.2 Å². The first-order chi connectivity index (χ1) is 8.43. The molecule has 0 radical (unpaired) electrons. The van der Waals surface area contributed by atoms with Gasteiger partial charge in [0.2, 0.25) is 0 Å². The summed E-state index contributed by atoms with van der Waals surface area (Å²) in [5, 5.41) is 12.4. The number of hydrogen-bond donors (Lipinski definition) is 2. The highest BCUT2D eigenvalue weighted by atomic mass is 35.5. The fourth-order valence-corrected chi connectivity index (χ4v) is 2.30. The average Bonchev–Trinajstić information content (AvgIpc) is 3.06. The SMILES string of the molecule is CC(C)C1(CNc2cc(C(=O)O)cc(Cl)n2)CC1. The van der Waals surface area contributed by atoms with Gasteiger partial charge in [0.15, 0.2) is 0 Å². The fourth-order valence-electron chi connectivity index (χ4n) is 2.10. The summed E-state index contributed by atoms with van der Waals surface area (Å²) in [6, 6.07) is 2.87. The number of anilines is 1. The number of aromatic nitrogens is 1. The number of carbonyl (C=O) groups is 1. The van der Waals surface area contributed by atoms with Crippen molar-refractivity contribution in [3.8, 4) is 0 Å². The first-order valence-corrected chi connectivity index (χ1v) is 6.45. The van der Waals surface area contributed by atoms with Gasteiger partial charge in [-0.05, 0) is 36.3 Å². The molecule has 0 amide bonds. The van der Waals surface area contributed by atoms with Crippen molar-refractivity contribution in [2.45, 2.75) is 26.7 Å². The summed E-state index contributed by atoms with van der Waals surface area (Å²) >= 11 is 5.81. The van der Waals surface area contributed by atoms with Crippen LogP contribution >= 0.6 is 11.6 Å². The summed E-state index contributed by atoms with van der Waals surface area (Å²) in [6.07, 6.45) is 2.42. The maximum Gasteiger partial charge on any atom is 0.335 e. The Bertz CT molecular complexity index is 470. The first kappa shape index (κ1) is 13.1. The number of nitrogens with one attached hydrogen (secondary N) is 1. The molecule has 0 spiro atoms. The van der Waals surface area contributed by atoms with Gasteiger partial charge in [0.1, 0.15) is 11.0 Å². The zero-order valence-corrected chi connectivity index (χ0v) is 11.3. The molecule has 0 saturated heterocycles. The molecule has 0 bridgehead atoms. The molecule has 5 heteroatoms. The molecule has 2 rings (SSSR count). The smallest absolute Gasteiger partial charge is 0.335 e.